The first-order chi connectivity index (χ1) is 14.4. The molecule has 30 heavy (non-hydrogen) atoms. The molecule has 4 atom stereocenters. The first-order valence-corrected chi connectivity index (χ1v) is 11.6. The molecule has 0 saturated carbocycles. The molecule has 172 valence electrons. The van der Waals surface area contributed by atoms with Crippen LogP contribution in [0.15, 0.2) is 24.0 Å². The molecule has 0 amide bonds. The van der Waals surface area contributed by atoms with Crippen molar-refractivity contribution in [3.63, 3.8) is 0 Å². The fraction of sp³-hybridized carbons (Fsp3) is 0.760. The van der Waals surface area contributed by atoms with Crippen LogP contribution in [0.3, 0.4) is 0 Å². The van der Waals surface area contributed by atoms with Crippen molar-refractivity contribution >= 4 is 12.6 Å². The van der Waals surface area contributed by atoms with Crippen molar-refractivity contribution in [3.8, 4) is 0 Å². The first-order valence-electron chi connectivity index (χ1n) is 11.6. The largest absolute Gasteiger partial charge is 0.487 e. The van der Waals surface area contributed by atoms with Gasteiger partial charge in [0, 0.05) is 5.92 Å². The van der Waals surface area contributed by atoms with Gasteiger partial charge in [-0.3, -0.25) is 9.59 Å². The van der Waals surface area contributed by atoms with Crippen LogP contribution in [-0.4, -0.2) is 36.7 Å². The highest BCUT2D eigenvalue weighted by molar-refractivity contribution is 5.71. The molecule has 0 radical (unpaired) electrons. The fourth-order valence-corrected chi connectivity index (χ4v) is 3.72. The Morgan fingerprint density at radius 2 is 1.90 bits per heavy atom. The molecule has 3 rings (SSSR count). The topological polar surface area (TPSA) is 61.8 Å². The number of carbonyl (C=O) groups is 2. The van der Waals surface area contributed by atoms with Gasteiger partial charge in [-0.1, -0.05) is 41.2 Å². The third kappa shape index (κ3) is 7.35. The van der Waals surface area contributed by atoms with Gasteiger partial charge in [0.15, 0.2) is 18.2 Å². The van der Waals surface area contributed by atoms with E-state index in [1.165, 1.54) is 24.8 Å². The van der Waals surface area contributed by atoms with Crippen molar-refractivity contribution in [2.45, 2.75) is 110 Å². The maximum absolute atomic E-state index is 10.8. The summed E-state index contributed by atoms with van der Waals surface area (Å²) in [7, 11) is 0. The van der Waals surface area contributed by atoms with Crippen molar-refractivity contribution in [1.29, 1.82) is 0 Å². The Bertz CT molecular complexity index is 584. The van der Waals surface area contributed by atoms with Gasteiger partial charge in [0.1, 0.15) is 6.29 Å². The summed E-state index contributed by atoms with van der Waals surface area (Å²) >= 11 is 0. The van der Waals surface area contributed by atoms with Gasteiger partial charge >= 0.3 is 0 Å². The monoisotopic (exact) mass is 422 g/mol. The smallest absolute Gasteiger partial charge is 0.163 e. The summed E-state index contributed by atoms with van der Waals surface area (Å²) in [6.07, 6.45) is 12.8. The van der Waals surface area contributed by atoms with E-state index in [0.29, 0.717) is 11.5 Å². The summed E-state index contributed by atoms with van der Waals surface area (Å²) in [4.78, 5) is 20.4. The lowest BCUT2D eigenvalue weighted by atomic mass is 9.87. The predicted octanol–water partition coefficient (Wildman–Crippen LogP) is 5.92. The molecular formula is C25H42O5. The normalized spacial score (nSPS) is 31.7. The maximum Gasteiger partial charge on any atom is 0.163 e. The number of allylic oxidation sites excluding steroid dienone is 2. The molecule has 0 N–H and O–H groups in total. The second-order valence-electron chi connectivity index (χ2n) is 8.45. The molecule has 5 nitrogen and oxygen atoms in total. The second kappa shape index (κ2) is 13.1. The quantitative estimate of drug-likeness (QED) is 0.376. The Kier molecular flexibility index (Phi) is 11.6. The van der Waals surface area contributed by atoms with Crippen LogP contribution in [0.25, 0.3) is 0 Å². The lowest BCUT2D eigenvalue weighted by Crippen LogP contribution is -2.38. The van der Waals surface area contributed by atoms with Crippen molar-refractivity contribution in [3.05, 3.63) is 24.0 Å². The fourth-order valence-electron chi connectivity index (χ4n) is 3.72. The van der Waals surface area contributed by atoms with Crippen LogP contribution in [0.1, 0.15) is 92.4 Å². The molecular weight excluding hydrogens is 380 g/mol. The summed E-state index contributed by atoms with van der Waals surface area (Å²) in [6, 6.07) is 0. The number of carbonyl (C=O) groups excluding carboxylic acids is 2. The van der Waals surface area contributed by atoms with Crippen molar-refractivity contribution in [1.82, 2.24) is 0 Å². The number of rotatable bonds is 7. The van der Waals surface area contributed by atoms with E-state index in [4.69, 9.17) is 14.2 Å². The van der Waals surface area contributed by atoms with Gasteiger partial charge in [-0.05, 0) is 68.9 Å². The van der Waals surface area contributed by atoms with Crippen molar-refractivity contribution < 1.29 is 23.8 Å². The molecule has 2 saturated heterocycles. The highest BCUT2D eigenvalue weighted by Gasteiger charge is 2.46. The highest BCUT2D eigenvalue weighted by atomic mass is 16.7. The highest BCUT2D eigenvalue weighted by Crippen LogP contribution is 2.42. The van der Waals surface area contributed by atoms with Crippen LogP contribution < -0.4 is 0 Å². The molecule has 0 aromatic heterocycles. The van der Waals surface area contributed by atoms with E-state index in [-0.39, 0.29) is 11.9 Å². The molecule has 0 aliphatic carbocycles. The summed E-state index contributed by atoms with van der Waals surface area (Å²) in [5.41, 5.74) is 1.55. The average molecular weight is 423 g/mol. The summed E-state index contributed by atoms with van der Waals surface area (Å²) in [5, 5.41) is 0. The Morgan fingerprint density at radius 1 is 1.17 bits per heavy atom. The zero-order valence-corrected chi connectivity index (χ0v) is 19.7. The summed E-state index contributed by atoms with van der Waals surface area (Å²) in [5.74, 6) is 0.646. The standard InChI is InChI=1S/C10H18O2.C10H16O2.C5H8O/c1-3-8-5-6-10(4-2)7-11-9(8)12-10;1-3-9-5-6-10(4-2,8-11)12-7-9;1-3-5(2)4-6/h8-9H,3-7H2,1-2H3;7-8H,3-6H2,1-2H3;4H,2-3H2,1H3. The lowest BCUT2D eigenvalue weighted by Gasteiger charge is -2.34. The van der Waals surface area contributed by atoms with E-state index in [1.54, 1.807) is 6.26 Å². The minimum absolute atomic E-state index is 0.0936. The molecule has 3 aliphatic rings. The molecule has 0 aromatic carbocycles. The number of fused-ring (bicyclic) bond motifs is 2. The molecule has 3 aliphatic heterocycles. The summed E-state index contributed by atoms with van der Waals surface area (Å²) < 4.78 is 17.0. The average Bonchev–Trinajstić information content (AvgIpc) is 3.17. The van der Waals surface area contributed by atoms with E-state index >= 15 is 0 Å². The van der Waals surface area contributed by atoms with Crippen LogP contribution in [0.5, 0.6) is 0 Å². The molecule has 2 fully saturated rings. The third-order valence-electron chi connectivity index (χ3n) is 6.62. The lowest BCUT2D eigenvalue weighted by molar-refractivity contribution is -0.154. The van der Waals surface area contributed by atoms with Crippen LogP contribution in [0, 0.1) is 5.92 Å². The Morgan fingerprint density at radius 3 is 2.30 bits per heavy atom. The zero-order chi connectivity index (χ0) is 22.6. The zero-order valence-electron chi connectivity index (χ0n) is 19.7. The Hall–Kier alpha value is -1.46. The van der Waals surface area contributed by atoms with Gasteiger partial charge in [0.25, 0.3) is 0 Å². The van der Waals surface area contributed by atoms with Crippen LogP contribution in [0.2, 0.25) is 0 Å². The van der Waals surface area contributed by atoms with Crippen molar-refractivity contribution in [2.24, 2.45) is 5.92 Å². The Labute approximate surface area is 183 Å². The van der Waals surface area contributed by atoms with Gasteiger partial charge in [-0.15, -0.1) is 0 Å². The maximum atomic E-state index is 10.8. The van der Waals surface area contributed by atoms with E-state index in [0.717, 1.165) is 57.7 Å². The van der Waals surface area contributed by atoms with Crippen LogP contribution >= 0.6 is 0 Å². The molecule has 4 unspecified atom stereocenters. The van der Waals surface area contributed by atoms with Crippen molar-refractivity contribution in [2.75, 3.05) is 6.61 Å². The summed E-state index contributed by atoms with van der Waals surface area (Å²) in [6.45, 7) is 14.6. The predicted molar refractivity (Wildman–Crippen MR) is 120 cm³/mol. The number of hydrogen-bond donors (Lipinski definition) is 0. The van der Waals surface area contributed by atoms with Gasteiger partial charge < -0.3 is 14.2 Å². The molecule has 2 bridgehead atoms. The van der Waals surface area contributed by atoms with E-state index in [1.807, 2.05) is 13.8 Å². The van der Waals surface area contributed by atoms with Crippen LogP contribution in [-0.2, 0) is 23.8 Å². The number of ether oxygens (including phenoxy) is 3. The van der Waals surface area contributed by atoms with E-state index in [2.05, 4.69) is 27.4 Å². The minimum Gasteiger partial charge on any atom is -0.487 e. The SMILES string of the molecule is C=C(C=O)CC.CCC1=COC(C=O)(CC)CC1.CCC1CCC2(CC)COC1O2. The van der Waals surface area contributed by atoms with Gasteiger partial charge in [0.2, 0.25) is 0 Å². The Balaban J connectivity index is 0.000000240. The number of aldehydes is 2. The third-order valence-corrected chi connectivity index (χ3v) is 6.62. The van der Waals surface area contributed by atoms with Gasteiger partial charge in [-0.2, -0.15) is 0 Å². The van der Waals surface area contributed by atoms with Gasteiger partial charge in [0.05, 0.1) is 18.5 Å². The van der Waals surface area contributed by atoms with E-state index < -0.39 is 5.60 Å². The molecule has 5 heteroatoms. The first kappa shape index (κ1) is 26.6. The second-order valence-corrected chi connectivity index (χ2v) is 8.45. The minimum atomic E-state index is -0.515. The molecule has 3 heterocycles. The molecule has 0 aromatic rings. The van der Waals surface area contributed by atoms with Crippen LogP contribution in [0.4, 0.5) is 0 Å². The van der Waals surface area contributed by atoms with Gasteiger partial charge in [-0.25, -0.2) is 0 Å². The number of hydrogen-bond acceptors (Lipinski definition) is 5. The molecule has 0 spiro atoms. The van der Waals surface area contributed by atoms with E-state index in [9.17, 15) is 9.59 Å².